The number of nitrogens with one attached hydrogen (secondary N) is 1. The van der Waals surface area contributed by atoms with Crippen LogP contribution in [0, 0.1) is 5.82 Å². The van der Waals surface area contributed by atoms with Crippen LogP contribution in [-0.2, 0) is 17.5 Å². The molecule has 0 spiro atoms. The largest absolute Gasteiger partial charge is 0.476 e. The highest BCUT2D eigenvalue weighted by atomic mass is 19.4. The quantitative estimate of drug-likeness (QED) is 0.767. The van der Waals surface area contributed by atoms with Gasteiger partial charge in [-0.2, -0.15) is 13.2 Å². The monoisotopic (exact) mass is 368 g/mol. The van der Waals surface area contributed by atoms with Crippen LogP contribution in [0.5, 0.6) is 0 Å². The van der Waals surface area contributed by atoms with Gasteiger partial charge in [0.05, 0.1) is 11.3 Å². The molecule has 2 N–H and O–H groups in total. The van der Waals surface area contributed by atoms with Crippen LogP contribution in [0.3, 0.4) is 0 Å². The second kappa shape index (κ2) is 7.47. The molecule has 26 heavy (non-hydrogen) atoms. The van der Waals surface area contributed by atoms with Crippen molar-refractivity contribution in [3.8, 4) is 0 Å². The molecule has 0 unspecified atom stereocenters. The predicted molar refractivity (Wildman–Crippen MR) is 87.8 cm³/mol. The van der Waals surface area contributed by atoms with E-state index in [4.69, 9.17) is 0 Å². The molecule has 4 nitrogen and oxygen atoms in total. The first-order chi connectivity index (χ1) is 12.1. The molecule has 8 heteroatoms. The van der Waals surface area contributed by atoms with Gasteiger partial charge >= 0.3 is 12.1 Å². The highest BCUT2D eigenvalue weighted by molar-refractivity contribution is 5.88. The molecule has 1 aromatic rings. The summed E-state index contributed by atoms with van der Waals surface area (Å²) in [7, 11) is 0. The maximum absolute atomic E-state index is 13.3. The lowest BCUT2D eigenvalue weighted by Crippen LogP contribution is -2.29. The second-order valence-electron chi connectivity index (χ2n) is 5.41. The number of allylic oxidation sites excluding steroid dienone is 3. The van der Waals surface area contributed by atoms with Crippen LogP contribution in [-0.4, -0.2) is 16.0 Å². The number of carboxylic acid groups (broad SMARTS) is 1. The third-order valence-corrected chi connectivity index (χ3v) is 3.57. The molecule has 0 saturated carbocycles. The summed E-state index contributed by atoms with van der Waals surface area (Å²) in [6, 6.07) is 2.63. The summed E-state index contributed by atoms with van der Waals surface area (Å²) in [4.78, 5) is 12.9. The van der Waals surface area contributed by atoms with Crippen molar-refractivity contribution in [2.24, 2.45) is 0 Å². The first-order valence-corrected chi connectivity index (χ1v) is 7.51. The van der Waals surface area contributed by atoms with E-state index in [0.717, 1.165) is 6.07 Å². The average Bonchev–Trinajstić information content (AvgIpc) is 2.55. The van der Waals surface area contributed by atoms with Gasteiger partial charge in [0.2, 0.25) is 0 Å². The highest BCUT2D eigenvalue weighted by Crippen LogP contribution is 2.32. The van der Waals surface area contributed by atoms with Crippen molar-refractivity contribution >= 4 is 5.97 Å². The number of alkyl halides is 3. The summed E-state index contributed by atoms with van der Waals surface area (Å²) in [5.74, 6) is -2.59. The Bertz CT molecular complexity index is 823. The highest BCUT2D eigenvalue weighted by Gasteiger charge is 2.34. The number of nitrogens with zero attached hydrogens (tertiary/aromatic N) is 1. The molecule has 0 fully saturated rings. The van der Waals surface area contributed by atoms with Gasteiger partial charge < -0.3 is 15.3 Å². The minimum Gasteiger partial charge on any atom is -0.476 e. The summed E-state index contributed by atoms with van der Waals surface area (Å²) >= 11 is 0. The van der Waals surface area contributed by atoms with Crippen LogP contribution in [0.2, 0.25) is 0 Å². The molecule has 1 aliphatic rings. The third kappa shape index (κ3) is 4.14. The summed E-state index contributed by atoms with van der Waals surface area (Å²) in [5.41, 5.74) is -0.708. The smallest absolute Gasteiger partial charge is 0.419 e. The van der Waals surface area contributed by atoms with Crippen LogP contribution in [0.4, 0.5) is 17.6 Å². The van der Waals surface area contributed by atoms with Crippen molar-refractivity contribution in [2.45, 2.75) is 19.6 Å². The fourth-order valence-corrected chi connectivity index (χ4v) is 2.39. The zero-order valence-corrected chi connectivity index (χ0v) is 13.8. The number of halogens is 4. The van der Waals surface area contributed by atoms with Gasteiger partial charge in [0.15, 0.2) is 5.70 Å². The zero-order valence-electron chi connectivity index (χ0n) is 13.8. The van der Waals surface area contributed by atoms with Crippen molar-refractivity contribution in [1.82, 2.24) is 10.2 Å². The van der Waals surface area contributed by atoms with Crippen LogP contribution in [0.25, 0.3) is 0 Å². The molecule has 0 atom stereocenters. The van der Waals surface area contributed by atoms with Crippen molar-refractivity contribution in [1.29, 1.82) is 0 Å². The molecule has 1 aromatic carbocycles. The molecule has 0 radical (unpaired) electrons. The minimum absolute atomic E-state index is 0.115. The van der Waals surface area contributed by atoms with E-state index in [1.807, 2.05) is 0 Å². The summed E-state index contributed by atoms with van der Waals surface area (Å²) in [6.07, 6.45) is 1.37. The van der Waals surface area contributed by atoms with E-state index in [9.17, 15) is 27.5 Å². The van der Waals surface area contributed by atoms with Crippen molar-refractivity contribution < 1.29 is 27.5 Å². The molecule has 138 valence electrons. The van der Waals surface area contributed by atoms with Crippen LogP contribution in [0.15, 0.2) is 66.3 Å². The fourth-order valence-electron chi connectivity index (χ4n) is 2.39. The van der Waals surface area contributed by atoms with Gasteiger partial charge in [0.1, 0.15) is 5.82 Å². The summed E-state index contributed by atoms with van der Waals surface area (Å²) in [5, 5.41) is 12.2. The lowest BCUT2D eigenvalue weighted by molar-refractivity contribution is -0.140. The Kier molecular flexibility index (Phi) is 5.54. The van der Waals surface area contributed by atoms with E-state index in [1.165, 1.54) is 23.2 Å². The SMILES string of the molecule is C=C1C=CC(NCc2ccc(F)c(C(F)(F)F)c2)=C(C(=O)O)N1/C=C\C. The Balaban J connectivity index is 2.31. The number of benzene rings is 1. The molecule has 0 bridgehead atoms. The van der Waals surface area contributed by atoms with E-state index >= 15 is 0 Å². The van der Waals surface area contributed by atoms with E-state index < -0.39 is 23.5 Å². The number of carboxylic acids is 1. The zero-order chi connectivity index (χ0) is 19.5. The number of aliphatic carboxylic acids is 1. The van der Waals surface area contributed by atoms with Crippen LogP contribution < -0.4 is 5.32 Å². The lowest BCUT2D eigenvalue weighted by Gasteiger charge is -2.27. The summed E-state index contributed by atoms with van der Waals surface area (Å²) < 4.78 is 51.7. The number of rotatable bonds is 5. The third-order valence-electron chi connectivity index (χ3n) is 3.57. The number of carbonyl (C=O) groups is 1. The standard InChI is InChI=1S/C18H16F4N2O2/c1-3-8-24-11(2)4-7-15(16(24)17(25)26)23-10-12-5-6-14(19)13(9-12)18(20,21)22/h3-9,23H,2,10H2,1H3,(H,25,26)/b8-3-. The Morgan fingerprint density at radius 1 is 1.35 bits per heavy atom. The molecular formula is C18H16F4N2O2. The Morgan fingerprint density at radius 2 is 2.04 bits per heavy atom. The van der Waals surface area contributed by atoms with Gasteiger partial charge in [-0.15, -0.1) is 0 Å². The first-order valence-electron chi connectivity index (χ1n) is 7.51. The first kappa shape index (κ1) is 19.3. The van der Waals surface area contributed by atoms with Gasteiger partial charge in [0, 0.05) is 18.4 Å². The van der Waals surface area contributed by atoms with E-state index in [-0.39, 0.29) is 23.5 Å². The molecule has 2 rings (SSSR count). The van der Waals surface area contributed by atoms with Gasteiger partial charge in [0.25, 0.3) is 0 Å². The second-order valence-corrected chi connectivity index (χ2v) is 5.41. The Labute approximate surface area is 147 Å². The normalized spacial score (nSPS) is 15.1. The van der Waals surface area contributed by atoms with Crippen LogP contribution >= 0.6 is 0 Å². The maximum atomic E-state index is 13.3. The molecule has 0 aliphatic carbocycles. The topological polar surface area (TPSA) is 52.6 Å². The van der Waals surface area contributed by atoms with Gasteiger partial charge in [-0.25, -0.2) is 9.18 Å². The van der Waals surface area contributed by atoms with E-state index in [1.54, 1.807) is 19.1 Å². The van der Waals surface area contributed by atoms with E-state index in [0.29, 0.717) is 11.8 Å². The molecule has 0 aromatic heterocycles. The average molecular weight is 368 g/mol. The predicted octanol–water partition coefficient (Wildman–Crippen LogP) is 4.15. The fraction of sp³-hybridized carbons (Fsp3) is 0.167. The molecule has 1 heterocycles. The Morgan fingerprint density at radius 3 is 2.62 bits per heavy atom. The van der Waals surface area contributed by atoms with Crippen molar-refractivity contribution in [3.05, 3.63) is 83.2 Å². The molecule has 1 aliphatic heterocycles. The van der Waals surface area contributed by atoms with Crippen molar-refractivity contribution in [3.63, 3.8) is 0 Å². The molecular weight excluding hydrogens is 352 g/mol. The van der Waals surface area contributed by atoms with Gasteiger partial charge in [-0.05, 0) is 36.8 Å². The number of hydrogen-bond acceptors (Lipinski definition) is 3. The maximum Gasteiger partial charge on any atom is 0.419 e. The molecule has 0 saturated heterocycles. The summed E-state index contributed by atoms with van der Waals surface area (Å²) in [6.45, 7) is 5.33. The number of hydrogen-bond donors (Lipinski definition) is 2. The van der Waals surface area contributed by atoms with Crippen LogP contribution in [0.1, 0.15) is 18.1 Å². The molecule has 0 amide bonds. The van der Waals surface area contributed by atoms with Gasteiger partial charge in [-0.3, -0.25) is 0 Å². The Hall–Kier alpha value is -3.03. The van der Waals surface area contributed by atoms with Crippen molar-refractivity contribution in [2.75, 3.05) is 0 Å². The van der Waals surface area contributed by atoms with Gasteiger partial charge in [-0.1, -0.05) is 18.7 Å². The lowest BCUT2D eigenvalue weighted by atomic mass is 10.1. The van der Waals surface area contributed by atoms with E-state index in [2.05, 4.69) is 11.9 Å². The minimum atomic E-state index is -4.81.